The van der Waals surface area contributed by atoms with Gasteiger partial charge in [0.2, 0.25) is 0 Å². The van der Waals surface area contributed by atoms with E-state index in [4.69, 9.17) is 0 Å². The predicted molar refractivity (Wildman–Crippen MR) is 113 cm³/mol. The van der Waals surface area contributed by atoms with Crippen molar-refractivity contribution in [2.45, 2.75) is 31.1 Å². The lowest BCUT2D eigenvalue weighted by atomic mass is 9.98. The van der Waals surface area contributed by atoms with Crippen LogP contribution in [0.15, 0.2) is 71.7 Å². The van der Waals surface area contributed by atoms with Crippen LogP contribution in [0.2, 0.25) is 0 Å². The molecule has 0 saturated heterocycles. The molecule has 0 spiro atoms. The Labute approximate surface area is 157 Å². The summed E-state index contributed by atoms with van der Waals surface area (Å²) in [6, 6.07) is 7.22. The van der Waals surface area contributed by atoms with E-state index in [0.29, 0.717) is 4.90 Å². The van der Waals surface area contributed by atoms with Crippen molar-refractivity contribution in [3.05, 3.63) is 72.4 Å². The molecule has 1 aliphatic carbocycles. The summed E-state index contributed by atoms with van der Waals surface area (Å²) in [5.41, 5.74) is 5.08. The fourth-order valence-corrected chi connectivity index (χ4v) is 3.66. The highest BCUT2D eigenvalue weighted by Gasteiger charge is 2.17. The molecule has 2 nitrogen and oxygen atoms in total. The average molecular weight is 377 g/mol. The first-order chi connectivity index (χ1) is 11.8. The number of hydrogen-bond acceptors (Lipinski definition) is 3. The highest BCUT2D eigenvalue weighted by molar-refractivity contribution is 7.98. The lowest BCUT2D eigenvalue weighted by Gasteiger charge is -2.09. The molecular weight excluding hydrogens is 348 g/mol. The molecule has 0 amide bonds. The standard InChI is InChI=1S/C17H20O2S.C4H8S/c1-4-6-13(2)16-7-5-8-17(16)14-9-11-15(12-10-14)20(3,18)19;1-3-4-5-2/h4,6,9-12H,1,5,7-8H2,2-3H3;3H,1,4H2,2H3/b13-6+;. The number of hydrogen-bond donors (Lipinski definition) is 0. The summed E-state index contributed by atoms with van der Waals surface area (Å²) in [6.07, 6.45) is 12.3. The van der Waals surface area contributed by atoms with Gasteiger partial charge in [0.15, 0.2) is 9.84 Å². The smallest absolute Gasteiger partial charge is 0.175 e. The van der Waals surface area contributed by atoms with Crippen LogP contribution in [0.25, 0.3) is 5.57 Å². The lowest BCUT2D eigenvalue weighted by molar-refractivity contribution is 0.602. The van der Waals surface area contributed by atoms with Crippen molar-refractivity contribution in [3.63, 3.8) is 0 Å². The first-order valence-electron chi connectivity index (χ1n) is 8.27. The minimum atomic E-state index is -3.12. The summed E-state index contributed by atoms with van der Waals surface area (Å²) in [5.74, 6) is 1.07. The Bertz CT molecular complexity index is 752. The third kappa shape index (κ3) is 6.71. The molecule has 0 aromatic heterocycles. The zero-order valence-electron chi connectivity index (χ0n) is 15.4. The Morgan fingerprint density at radius 2 is 1.84 bits per heavy atom. The molecule has 0 radical (unpaired) electrons. The van der Waals surface area contributed by atoms with Crippen LogP contribution in [0, 0.1) is 0 Å². The molecule has 0 aliphatic heterocycles. The molecule has 0 unspecified atom stereocenters. The Morgan fingerprint density at radius 3 is 2.28 bits per heavy atom. The molecule has 0 saturated carbocycles. The van der Waals surface area contributed by atoms with Crippen molar-refractivity contribution in [1.29, 1.82) is 0 Å². The van der Waals surface area contributed by atoms with Crippen molar-refractivity contribution >= 4 is 27.2 Å². The van der Waals surface area contributed by atoms with Crippen LogP contribution in [0.4, 0.5) is 0 Å². The number of benzene rings is 1. The molecule has 0 atom stereocenters. The second kappa shape index (κ2) is 10.5. The first kappa shape index (κ1) is 21.5. The molecule has 0 N–H and O–H groups in total. The van der Waals surface area contributed by atoms with E-state index in [0.717, 1.165) is 30.6 Å². The Morgan fingerprint density at radius 1 is 1.20 bits per heavy atom. The second-order valence-corrected chi connectivity index (χ2v) is 8.86. The van der Waals surface area contributed by atoms with Crippen LogP contribution in [-0.4, -0.2) is 26.7 Å². The molecule has 136 valence electrons. The monoisotopic (exact) mass is 376 g/mol. The van der Waals surface area contributed by atoms with Gasteiger partial charge in [-0.2, -0.15) is 11.8 Å². The van der Waals surface area contributed by atoms with E-state index in [1.165, 1.54) is 23.0 Å². The highest BCUT2D eigenvalue weighted by atomic mass is 32.2. The molecule has 1 aliphatic rings. The number of rotatable bonds is 6. The van der Waals surface area contributed by atoms with Gasteiger partial charge < -0.3 is 0 Å². The van der Waals surface area contributed by atoms with E-state index in [2.05, 4.69) is 26.3 Å². The number of thioether (sulfide) groups is 1. The van der Waals surface area contributed by atoms with E-state index in [-0.39, 0.29) is 0 Å². The van der Waals surface area contributed by atoms with E-state index >= 15 is 0 Å². The molecule has 0 bridgehead atoms. The van der Waals surface area contributed by atoms with Gasteiger partial charge in [0.1, 0.15) is 0 Å². The highest BCUT2D eigenvalue weighted by Crippen LogP contribution is 2.37. The van der Waals surface area contributed by atoms with Crippen molar-refractivity contribution in [2.75, 3.05) is 18.3 Å². The Hall–Kier alpha value is -1.52. The predicted octanol–water partition coefficient (Wildman–Crippen LogP) is 5.70. The zero-order chi connectivity index (χ0) is 18.9. The van der Waals surface area contributed by atoms with Crippen molar-refractivity contribution in [3.8, 4) is 0 Å². The van der Waals surface area contributed by atoms with Gasteiger partial charge in [0, 0.05) is 12.0 Å². The Balaban J connectivity index is 0.000000550. The minimum absolute atomic E-state index is 0.375. The van der Waals surface area contributed by atoms with Crippen LogP contribution < -0.4 is 0 Å². The van der Waals surface area contributed by atoms with Gasteiger partial charge in [0.25, 0.3) is 0 Å². The third-order valence-electron chi connectivity index (χ3n) is 3.98. The maximum atomic E-state index is 11.5. The van der Waals surface area contributed by atoms with Crippen molar-refractivity contribution < 1.29 is 8.42 Å². The van der Waals surface area contributed by atoms with Gasteiger partial charge in [-0.1, -0.05) is 36.9 Å². The maximum absolute atomic E-state index is 11.5. The van der Waals surface area contributed by atoms with E-state index in [1.54, 1.807) is 23.9 Å². The summed E-state index contributed by atoms with van der Waals surface area (Å²) >= 11 is 1.78. The number of sulfone groups is 1. The molecule has 25 heavy (non-hydrogen) atoms. The van der Waals surface area contributed by atoms with E-state index in [1.807, 2.05) is 30.4 Å². The van der Waals surface area contributed by atoms with Crippen LogP contribution >= 0.6 is 11.8 Å². The summed E-state index contributed by atoms with van der Waals surface area (Å²) in [5, 5.41) is 0. The fourth-order valence-electron chi connectivity index (χ4n) is 2.80. The van der Waals surface area contributed by atoms with Crippen LogP contribution in [-0.2, 0) is 9.84 Å². The second-order valence-electron chi connectivity index (χ2n) is 5.94. The molecule has 4 heteroatoms. The minimum Gasteiger partial charge on any atom is -0.224 e. The summed E-state index contributed by atoms with van der Waals surface area (Å²) in [6.45, 7) is 9.38. The summed E-state index contributed by atoms with van der Waals surface area (Å²) in [4.78, 5) is 0.375. The molecular formula is C21H28O2S2. The summed E-state index contributed by atoms with van der Waals surface area (Å²) < 4.78 is 23.0. The quantitative estimate of drug-likeness (QED) is 0.472. The summed E-state index contributed by atoms with van der Waals surface area (Å²) in [7, 11) is -3.12. The SMILES string of the molecule is C=C/C=C(\C)C1=C(c2ccc(S(C)(=O)=O)cc2)CCC1.C=CCSC. The van der Waals surface area contributed by atoms with Gasteiger partial charge in [-0.3, -0.25) is 0 Å². The number of allylic oxidation sites excluding steroid dienone is 5. The zero-order valence-corrected chi connectivity index (χ0v) is 17.1. The molecule has 0 heterocycles. The molecule has 1 aromatic rings. The normalized spacial score (nSPS) is 14.8. The fraction of sp³-hybridized carbons (Fsp3) is 0.333. The maximum Gasteiger partial charge on any atom is 0.175 e. The molecule has 0 fully saturated rings. The van der Waals surface area contributed by atoms with Crippen molar-refractivity contribution in [1.82, 2.24) is 0 Å². The van der Waals surface area contributed by atoms with Gasteiger partial charge in [-0.05, 0) is 66.9 Å². The Kier molecular flexibility index (Phi) is 9.01. The first-order valence-corrected chi connectivity index (χ1v) is 11.6. The van der Waals surface area contributed by atoms with Crippen LogP contribution in [0.3, 0.4) is 0 Å². The third-order valence-corrected chi connectivity index (χ3v) is 5.67. The average Bonchev–Trinajstić information content (AvgIpc) is 3.05. The van der Waals surface area contributed by atoms with Gasteiger partial charge in [-0.25, -0.2) is 8.42 Å². The van der Waals surface area contributed by atoms with Crippen molar-refractivity contribution in [2.24, 2.45) is 0 Å². The van der Waals surface area contributed by atoms with Crippen LogP contribution in [0.5, 0.6) is 0 Å². The lowest BCUT2D eigenvalue weighted by Crippen LogP contribution is -1.97. The molecule has 1 aromatic carbocycles. The van der Waals surface area contributed by atoms with Gasteiger partial charge in [-0.15, -0.1) is 6.58 Å². The van der Waals surface area contributed by atoms with Gasteiger partial charge in [0.05, 0.1) is 4.90 Å². The topological polar surface area (TPSA) is 34.1 Å². The van der Waals surface area contributed by atoms with E-state index < -0.39 is 9.84 Å². The van der Waals surface area contributed by atoms with E-state index in [9.17, 15) is 8.42 Å². The van der Waals surface area contributed by atoms with Gasteiger partial charge >= 0.3 is 0 Å². The molecule has 2 rings (SSSR count). The van der Waals surface area contributed by atoms with Crippen LogP contribution in [0.1, 0.15) is 31.7 Å². The largest absolute Gasteiger partial charge is 0.224 e.